The number of phenolic OH excluding ortho intramolecular Hbond substituents is 1. The van der Waals surface area contributed by atoms with Crippen molar-refractivity contribution in [1.29, 1.82) is 0 Å². The van der Waals surface area contributed by atoms with Crippen molar-refractivity contribution < 1.29 is 24.2 Å². The molecule has 0 radical (unpaired) electrons. The average Bonchev–Trinajstić information content (AvgIpc) is 2.91. The maximum absolute atomic E-state index is 12.3. The molecule has 0 spiro atoms. The van der Waals surface area contributed by atoms with Crippen LogP contribution in [0.15, 0.2) is 24.3 Å². The zero-order valence-electron chi connectivity index (χ0n) is 14.6. The first kappa shape index (κ1) is 18.1. The maximum atomic E-state index is 12.3. The molecule has 1 N–H and O–H groups in total. The summed E-state index contributed by atoms with van der Waals surface area (Å²) in [6, 6.07) is 6.87. The minimum atomic E-state index is -0.576. The van der Waals surface area contributed by atoms with Crippen molar-refractivity contribution in [3.05, 3.63) is 29.8 Å². The number of amides is 1. The highest BCUT2D eigenvalue weighted by atomic mass is 16.6. The highest BCUT2D eigenvalue weighted by Crippen LogP contribution is 2.29. The summed E-state index contributed by atoms with van der Waals surface area (Å²) in [6.07, 6.45) is 0.212. The molecular formula is C18H25NO5. The smallest absolute Gasteiger partial charge is 0.410 e. The summed E-state index contributed by atoms with van der Waals surface area (Å²) in [5.41, 5.74) is 0.421. The zero-order chi connectivity index (χ0) is 17.9. The largest absolute Gasteiger partial charge is 0.508 e. The van der Waals surface area contributed by atoms with Crippen molar-refractivity contribution in [2.24, 2.45) is 11.8 Å². The molecule has 1 aliphatic heterocycles. The minimum absolute atomic E-state index is 0.0467. The Labute approximate surface area is 142 Å². The molecule has 0 aromatic heterocycles. The molecule has 6 heteroatoms. The predicted molar refractivity (Wildman–Crippen MR) is 88.6 cm³/mol. The van der Waals surface area contributed by atoms with Gasteiger partial charge in [-0.1, -0.05) is 12.1 Å². The van der Waals surface area contributed by atoms with Gasteiger partial charge in [0.15, 0.2) is 0 Å². The van der Waals surface area contributed by atoms with Crippen LogP contribution in [0.1, 0.15) is 26.3 Å². The number of carbonyl (C=O) groups is 2. The van der Waals surface area contributed by atoms with Crippen molar-refractivity contribution in [3.8, 4) is 5.75 Å². The molecule has 1 heterocycles. The van der Waals surface area contributed by atoms with Crippen LogP contribution in [-0.2, 0) is 20.7 Å². The Balaban J connectivity index is 2.11. The fraction of sp³-hybridized carbons (Fsp3) is 0.556. The van der Waals surface area contributed by atoms with Gasteiger partial charge in [-0.05, 0) is 50.8 Å². The summed E-state index contributed by atoms with van der Waals surface area (Å²) in [7, 11) is 1.36. The Bertz CT molecular complexity index is 590. The summed E-state index contributed by atoms with van der Waals surface area (Å²) >= 11 is 0. The van der Waals surface area contributed by atoms with Crippen molar-refractivity contribution in [3.63, 3.8) is 0 Å². The number of hydrogen-bond donors (Lipinski definition) is 1. The van der Waals surface area contributed by atoms with Crippen LogP contribution in [0.25, 0.3) is 0 Å². The van der Waals surface area contributed by atoms with E-state index >= 15 is 0 Å². The Kier molecular flexibility index (Phi) is 5.36. The first-order valence-electron chi connectivity index (χ1n) is 8.03. The van der Waals surface area contributed by atoms with Crippen LogP contribution < -0.4 is 0 Å². The van der Waals surface area contributed by atoms with Crippen LogP contribution in [0.4, 0.5) is 4.79 Å². The Hall–Kier alpha value is -2.24. The van der Waals surface area contributed by atoms with Crippen molar-refractivity contribution >= 4 is 12.1 Å². The lowest BCUT2D eigenvalue weighted by Gasteiger charge is -2.24. The van der Waals surface area contributed by atoms with Crippen LogP contribution in [0.5, 0.6) is 5.75 Å². The minimum Gasteiger partial charge on any atom is -0.508 e. The van der Waals surface area contributed by atoms with E-state index in [2.05, 4.69) is 0 Å². The molecule has 1 aliphatic rings. The molecule has 2 rings (SSSR count). The fourth-order valence-electron chi connectivity index (χ4n) is 2.91. The second-order valence-corrected chi connectivity index (χ2v) is 7.15. The number of carbonyl (C=O) groups excluding carboxylic acids is 2. The number of ether oxygens (including phenoxy) is 2. The molecule has 1 unspecified atom stereocenters. The van der Waals surface area contributed by atoms with Gasteiger partial charge in [0.05, 0.1) is 13.0 Å². The van der Waals surface area contributed by atoms with E-state index in [1.54, 1.807) is 17.0 Å². The van der Waals surface area contributed by atoms with Crippen molar-refractivity contribution in [2.45, 2.75) is 32.8 Å². The Morgan fingerprint density at radius 3 is 2.38 bits per heavy atom. The van der Waals surface area contributed by atoms with E-state index in [9.17, 15) is 14.7 Å². The number of phenols is 1. The number of esters is 1. The van der Waals surface area contributed by atoms with Crippen molar-refractivity contribution in [2.75, 3.05) is 20.2 Å². The number of methoxy groups -OCH3 is 1. The number of nitrogens with zero attached hydrogens (tertiary/aromatic N) is 1. The van der Waals surface area contributed by atoms with Crippen LogP contribution >= 0.6 is 0 Å². The Morgan fingerprint density at radius 2 is 1.83 bits per heavy atom. The number of hydrogen-bond acceptors (Lipinski definition) is 5. The first-order chi connectivity index (χ1) is 11.2. The quantitative estimate of drug-likeness (QED) is 0.859. The highest BCUT2D eigenvalue weighted by Gasteiger charge is 2.41. The number of rotatable bonds is 3. The summed E-state index contributed by atoms with van der Waals surface area (Å²) < 4.78 is 10.3. The molecule has 0 bridgehead atoms. The molecule has 1 saturated heterocycles. The van der Waals surface area contributed by atoms with Gasteiger partial charge in [0.2, 0.25) is 0 Å². The molecule has 132 valence electrons. The number of benzene rings is 1. The van der Waals surface area contributed by atoms with E-state index in [-0.39, 0.29) is 23.6 Å². The summed E-state index contributed by atoms with van der Waals surface area (Å²) in [5.74, 6) is -0.541. The first-order valence-corrected chi connectivity index (χ1v) is 8.03. The topological polar surface area (TPSA) is 76.1 Å². The third kappa shape index (κ3) is 4.63. The van der Waals surface area contributed by atoms with Gasteiger partial charge in [0.25, 0.3) is 0 Å². The van der Waals surface area contributed by atoms with Crippen LogP contribution in [-0.4, -0.2) is 47.9 Å². The van der Waals surface area contributed by atoms with Gasteiger partial charge in [-0.25, -0.2) is 4.79 Å². The normalized spacial score (nSPS) is 20.8. The van der Waals surface area contributed by atoms with Gasteiger partial charge in [-0.15, -0.1) is 0 Å². The zero-order valence-corrected chi connectivity index (χ0v) is 14.6. The van der Waals surface area contributed by atoms with Gasteiger partial charge in [-0.2, -0.15) is 0 Å². The van der Waals surface area contributed by atoms with E-state index in [4.69, 9.17) is 9.47 Å². The van der Waals surface area contributed by atoms with Gasteiger partial charge in [0, 0.05) is 13.1 Å². The van der Waals surface area contributed by atoms with Gasteiger partial charge in [0.1, 0.15) is 11.4 Å². The average molecular weight is 335 g/mol. The van der Waals surface area contributed by atoms with Gasteiger partial charge < -0.3 is 19.5 Å². The third-order valence-electron chi connectivity index (χ3n) is 4.03. The van der Waals surface area contributed by atoms with Gasteiger partial charge in [-0.3, -0.25) is 4.79 Å². The second kappa shape index (κ2) is 7.11. The maximum Gasteiger partial charge on any atom is 0.410 e. The molecule has 1 amide bonds. The lowest BCUT2D eigenvalue weighted by Crippen LogP contribution is -2.36. The highest BCUT2D eigenvalue weighted by molar-refractivity contribution is 5.76. The monoisotopic (exact) mass is 335 g/mol. The third-order valence-corrected chi connectivity index (χ3v) is 4.03. The molecule has 2 atom stereocenters. The molecule has 24 heavy (non-hydrogen) atoms. The van der Waals surface area contributed by atoms with E-state index in [1.807, 2.05) is 32.9 Å². The fourth-order valence-corrected chi connectivity index (χ4v) is 2.91. The second-order valence-electron chi connectivity index (χ2n) is 7.15. The molecule has 0 saturated carbocycles. The van der Waals surface area contributed by atoms with Crippen LogP contribution in [0.2, 0.25) is 0 Å². The lowest BCUT2D eigenvalue weighted by atomic mass is 9.90. The Morgan fingerprint density at radius 1 is 1.21 bits per heavy atom. The van der Waals surface area contributed by atoms with E-state index in [0.29, 0.717) is 19.5 Å². The van der Waals surface area contributed by atoms with Crippen LogP contribution in [0, 0.1) is 11.8 Å². The molecule has 1 aromatic carbocycles. The molecule has 1 fully saturated rings. The summed E-state index contributed by atoms with van der Waals surface area (Å²) in [4.78, 5) is 25.9. The van der Waals surface area contributed by atoms with E-state index in [1.165, 1.54) is 7.11 Å². The van der Waals surface area contributed by atoms with Crippen LogP contribution in [0.3, 0.4) is 0 Å². The lowest BCUT2D eigenvalue weighted by molar-refractivity contribution is -0.146. The summed E-state index contributed by atoms with van der Waals surface area (Å²) in [6.45, 7) is 6.17. The SMILES string of the molecule is COC(=O)[C@H]1CN(C(=O)OC(C)(C)C)CC1Cc1ccc(O)cc1. The predicted octanol–water partition coefficient (Wildman–Crippen LogP) is 2.59. The summed E-state index contributed by atoms with van der Waals surface area (Å²) in [5, 5.41) is 9.38. The van der Waals surface area contributed by atoms with Gasteiger partial charge >= 0.3 is 12.1 Å². The standard InChI is InChI=1S/C18H25NO5/c1-18(2,3)24-17(22)19-10-13(15(11-19)16(21)23-4)9-12-5-7-14(20)8-6-12/h5-8,13,15,20H,9-11H2,1-4H3/t13?,15-/m0/s1. The van der Waals surface area contributed by atoms with E-state index in [0.717, 1.165) is 5.56 Å². The molecule has 6 nitrogen and oxygen atoms in total. The van der Waals surface area contributed by atoms with Crippen molar-refractivity contribution in [1.82, 2.24) is 4.90 Å². The molecular weight excluding hydrogens is 310 g/mol. The number of likely N-dealkylation sites (tertiary alicyclic amines) is 1. The number of aromatic hydroxyl groups is 1. The molecule has 0 aliphatic carbocycles. The van der Waals surface area contributed by atoms with E-state index < -0.39 is 11.7 Å². The molecule has 1 aromatic rings.